The Hall–Kier alpha value is -5.11. The van der Waals surface area contributed by atoms with Gasteiger partial charge in [-0.2, -0.15) is 0 Å². The van der Waals surface area contributed by atoms with Crippen molar-refractivity contribution in [3.05, 3.63) is 131 Å². The topological polar surface area (TPSA) is 99.3 Å². The third-order valence-electron chi connectivity index (χ3n) is 6.56. The number of esters is 1. The zero-order valence-electron chi connectivity index (χ0n) is 25.1. The fourth-order valence-electron chi connectivity index (χ4n) is 4.40. The molecule has 1 aliphatic rings. The number of hydrogen-bond acceptors (Lipinski definition) is 6. The van der Waals surface area contributed by atoms with E-state index < -0.39 is 12.0 Å². The van der Waals surface area contributed by atoms with Crippen LogP contribution in [0.25, 0.3) is 0 Å². The van der Waals surface area contributed by atoms with Gasteiger partial charge in [-0.1, -0.05) is 117 Å². The summed E-state index contributed by atoms with van der Waals surface area (Å²) in [6, 6.07) is 33.1. The summed E-state index contributed by atoms with van der Waals surface area (Å²) in [5.41, 5.74) is 3.51. The Kier molecular flexibility index (Phi) is 11.9. The second-order valence-electron chi connectivity index (χ2n) is 10.3. The third kappa shape index (κ3) is 9.46. The van der Waals surface area contributed by atoms with Crippen molar-refractivity contribution in [2.45, 2.75) is 52.6 Å². The molecule has 1 amide bonds. The molecule has 0 aliphatic carbocycles. The number of amidine groups is 1. The zero-order chi connectivity index (χ0) is 31.1. The number of phenols is 1. The van der Waals surface area contributed by atoms with E-state index in [1.54, 1.807) is 18.2 Å². The second-order valence-corrected chi connectivity index (χ2v) is 10.3. The van der Waals surface area contributed by atoms with Gasteiger partial charge in [0.2, 0.25) is 6.04 Å². The minimum absolute atomic E-state index is 0.0108. The summed E-state index contributed by atoms with van der Waals surface area (Å²) in [5, 5.41) is 10.3. The average molecular weight is 596 g/mol. The van der Waals surface area contributed by atoms with E-state index in [-0.39, 0.29) is 43.9 Å². The molecule has 0 aromatic heterocycles. The number of ether oxygens (including phenoxy) is 3. The van der Waals surface area contributed by atoms with Crippen molar-refractivity contribution >= 4 is 17.9 Å². The molecule has 8 nitrogen and oxygen atoms in total. The maximum atomic E-state index is 13.5. The average Bonchev–Trinajstić information content (AvgIpc) is 3.34. The molecular formula is C36H39N2O6+. The fourth-order valence-corrected chi connectivity index (χ4v) is 4.40. The van der Waals surface area contributed by atoms with Crippen molar-refractivity contribution in [3.63, 3.8) is 0 Å². The lowest BCUT2D eigenvalue weighted by atomic mass is 10.1. The number of aromatic hydroxyl groups is 1. The Bertz CT molecular complexity index is 1510. The molecule has 0 fully saturated rings. The van der Waals surface area contributed by atoms with E-state index in [1.807, 2.05) is 91.0 Å². The SMILES string of the molecule is CCC.O=C(CN1C(=O)C(Cc2ccc(O)c(OCc3ccccc3)c2)[NH+]=C1OCc1ccccc1)OCc1ccccc1. The van der Waals surface area contributed by atoms with Gasteiger partial charge in [0.05, 0.1) is 0 Å². The Morgan fingerprint density at radius 1 is 0.750 bits per heavy atom. The van der Waals surface area contributed by atoms with Crippen LogP contribution in [0, 0.1) is 0 Å². The van der Waals surface area contributed by atoms with Gasteiger partial charge in [-0.25, -0.2) is 14.6 Å². The van der Waals surface area contributed by atoms with E-state index in [0.29, 0.717) is 12.4 Å². The molecule has 8 heteroatoms. The predicted octanol–water partition coefficient (Wildman–Crippen LogP) is 4.54. The van der Waals surface area contributed by atoms with Crippen LogP contribution in [-0.4, -0.2) is 40.5 Å². The Morgan fingerprint density at radius 3 is 1.84 bits per heavy atom. The Labute approximate surface area is 258 Å². The second kappa shape index (κ2) is 16.5. The van der Waals surface area contributed by atoms with Gasteiger partial charge in [-0.15, -0.1) is 4.90 Å². The van der Waals surface area contributed by atoms with Crippen LogP contribution in [0.4, 0.5) is 0 Å². The maximum Gasteiger partial charge on any atom is 0.453 e. The van der Waals surface area contributed by atoms with Crippen LogP contribution < -0.4 is 9.73 Å². The number of nitrogens with one attached hydrogen (secondary N) is 1. The lowest BCUT2D eigenvalue weighted by Crippen LogP contribution is -2.78. The first kappa shape index (κ1) is 31.8. The molecule has 4 aromatic carbocycles. The van der Waals surface area contributed by atoms with E-state index in [9.17, 15) is 14.7 Å². The smallest absolute Gasteiger partial charge is 0.453 e. The van der Waals surface area contributed by atoms with Crippen LogP contribution in [0.15, 0.2) is 109 Å². The van der Waals surface area contributed by atoms with Crippen LogP contribution in [0.3, 0.4) is 0 Å². The van der Waals surface area contributed by atoms with Gasteiger partial charge in [-0.3, -0.25) is 0 Å². The first-order chi connectivity index (χ1) is 21.5. The molecule has 228 valence electrons. The van der Waals surface area contributed by atoms with Crippen molar-refractivity contribution < 1.29 is 33.9 Å². The molecule has 44 heavy (non-hydrogen) atoms. The largest absolute Gasteiger partial charge is 0.504 e. The van der Waals surface area contributed by atoms with Gasteiger partial charge < -0.3 is 19.3 Å². The summed E-state index contributed by atoms with van der Waals surface area (Å²) in [4.78, 5) is 30.6. The molecular weight excluding hydrogens is 556 g/mol. The zero-order valence-corrected chi connectivity index (χ0v) is 25.1. The van der Waals surface area contributed by atoms with Crippen LogP contribution in [0.1, 0.15) is 42.5 Å². The minimum Gasteiger partial charge on any atom is -0.504 e. The van der Waals surface area contributed by atoms with E-state index >= 15 is 0 Å². The third-order valence-corrected chi connectivity index (χ3v) is 6.56. The highest BCUT2D eigenvalue weighted by molar-refractivity contribution is 6.00. The highest BCUT2D eigenvalue weighted by atomic mass is 16.5. The van der Waals surface area contributed by atoms with Crippen molar-refractivity contribution in [1.82, 2.24) is 4.90 Å². The van der Waals surface area contributed by atoms with E-state index in [2.05, 4.69) is 18.8 Å². The van der Waals surface area contributed by atoms with Crippen molar-refractivity contribution in [1.29, 1.82) is 0 Å². The summed E-state index contributed by atoms with van der Waals surface area (Å²) in [6.07, 6.45) is 1.54. The summed E-state index contributed by atoms with van der Waals surface area (Å²) in [6.45, 7) is 4.58. The molecule has 1 unspecified atom stereocenters. The standard InChI is InChI=1S/C33H30N2O6.C3H8/c36-29-17-16-27(19-30(29)39-21-24-10-4-1-5-11-24)18-28-32(38)35(20-31(37)40-22-25-12-6-2-7-13-25)33(34-28)41-23-26-14-8-3-9-15-26;1-3-2/h1-17,19,28,36H,18,20-23H2;3H2,1-2H3/p+1. The van der Waals surface area contributed by atoms with E-state index in [4.69, 9.17) is 14.2 Å². The molecule has 0 radical (unpaired) electrons. The lowest BCUT2D eigenvalue weighted by Gasteiger charge is -2.12. The number of phenolic OH excluding ortho intramolecular Hbond substituents is 1. The van der Waals surface area contributed by atoms with Gasteiger partial charge in [0, 0.05) is 6.42 Å². The molecule has 0 saturated heterocycles. The highest BCUT2D eigenvalue weighted by Gasteiger charge is 2.45. The molecule has 2 N–H and O–H groups in total. The number of nitrogens with zero attached hydrogens (tertiary/aromatic N) is 1. The van der Waals surface area contributed by atoms with E-state index in [1.165, 1.54) is 11.3 Å². The quantitative estimate of drug-likeness (QED) is 0.247. The first-order valence-electron chi connectivity index (χ1n) is 14.8. The van der Waals surface area contributed by atoms with Gasteiger partial charge in [0.25, 0.3) is 0 Å². The van der Waals surface area contributed by atoms with Crippen molar-refractivity contribution in [2.75, 3.05) is 6.54 Å². The number of amides is 1. The van der Waals surface area contributed by atoms with Crippen LogP contribution in [0.2, 0.25) is 0 Å². The molecule has 0 bridgehead atoms. The number of benzene rings is 4. The predicted molar refractivity (Wildman–Crippen MR) is 167 cm³/mol. The summed E-state index contributed by atoms with van der Waals surface area (Å²) in [5.74, 6) is -0.532. The molecule has 0 saturated carbocycles. The molecule has 1 aliphatic heterocycles. The van der Waals surface area contributed by atoms with Gasteiger partial charge >= 0.3 is 17.9 Å². The monoisotopic (exact) mass is 595 g/mol. The van der Waals surface area contributed by atoms with Crippen LogP contribution in [-0.2, 0) is 45.3 Å². The Balaban J connectivity index is 0.00000141. The van der Waals surface area contributed by atoms with Gasteiger partial charge in [0.1, 0.15) is 19.8 Å². The maximum absolute atomic E-state index is 13.5. The molecule has 4 aromatic rings. The summed E-state index contributed by atoms with van der Waals surface area (Å²) in [7, 11) is 0. The van der Waals surface area contributed by atoms with Gasteiger partial charge in [-0.05, 0) is 34.4 Å². The molecule has 0 spiro atoms. The van der Waals surface area contributed by atoms with Crippen LogP contribution in [0.5, 0.6) is 11.5 Å². The first-order valence-corrected chi connectivity index (χ1v) is 14.8. The normalized spacial score (nSPS) is 13.9. The Morgan fingerprint density at radius 2 is 1.27 bits per heavy atom. The number of carbonyl (C=O) groups excluding carboxylic acids is 2. The van der Waals surface area contributed by atoms with Gasteiger partial charge in [0.15, 0.2) is 18.0 Å². The van der Waals surface area contributed by atoms with E-state index in [0.717, 1.165) is 22.3 Å². The van der Waals surface area contributed by atoms with Crippen molar-refractivity contribution in [2.24, 2.45) is 0 Å². The summed E-state index contributed by atoms with van der Waals surface area (Å²) < 4.78 is 17.2. The minimum atomic E-state index is -0.686. The molecule has 1 heterocycles. The highest BCUT2D eigenvalue weighted by Crippen LogP contribution is 2.28. The number of carbonyl (C=O) groups is 2. The number of hydrogen-bond donors (Lipinski definition) is 2. The molecule has 1 atom stereocenters. The molecule has 5 rings (SSSR count). The van der Waals surface area contributed by atoms with Crippen molar-refractivity contribution in [3.8, 4) is 11.5 Å². The fraction of sp³-hybridized carbons (Fsp3) is 0.250. The number of rotatable bonds is 11. The lowest BCUT2D eigenvalue weighted by molar-refractivity contribution is -0.490. The van der Waals surface area contributed by atoms with Crippen LogP contribution >= 0.6 is 0 Å². The summed E-state index contributed by atoms with van der Waals surface area (Å²) >= 11 is 0.